The van der Waals surface area contributed by atoms with Crippen LogP contribution in [0.15, 0.2) is 30.0 Å². The van der Waals surface area contributed by atoms with Gasteiger partial charge in [-0.3, -0.25) is 0 Å². The summed E-state index contributed by atoms with van der Waals surface area (Å²) in [5.74, 6) is 0. The molecule has 103 valence electrons. The quantitative estimate of drug-likeness (QED) is 0.213. The molecule has 0 rings (SSSR count). The lowest BCUT2D eigenvalue weighted by Crippen LogP contribution is -1.77. The topological polar surface area (TPSA) is 0 Å². The number of hydrogen-bond acceptors (Lipinski definition) is 0. The molecule has 0 amide bonds. The summed E-state index contributed by atoms with van der Waals surface area (Å²) in [6.45, 7) is 6.08. The molecule has 18 heavy (non-hydrogen) atoms. The zero-order valence-corrected chi connectivity index (χ0v) is 12.3. The van der Waals surface area contributed by atoms with Gasteiger partial charge in [0.05, 0.1) is 0 Å². The lowest BCUT2D eigenvalue weighted by molar-refractivity contribution is 0.621. The summed E-state index contributed by atoms with van der Waals surface area (Å²) >= 11 is 0. The second kappa shape index (κ2) is 16.3. The summed E-state index contributed by atoms with van der Waals surface area (Å²) in [6, 6.07) is 0. The standard InChI is InChI=1S/C18H31/c1-3-5-7-9-11-13-15-17-18-16-14-12-10-8-6-4-2/h10,14,17-18H,1,3-9,11,13,15-16H2,2H3/b18-17+. The van der Waals surface area contributed by atoms with Crippen molar-refractivity contribution in [2.24, 2.45) is 0 Å². The number of unbranched alkanes of at least 4 members (excludes halogenated alkanes) is 8. The summed E-state index contributed by atoms with van der Waals surface area (Å²) in [6.07, 6.45) is 22.7. The molecule has 0 heteroatoms. The summed E-state index contributed by atoms with van der Waals surface area (Å²) in [5.41, 5.74) is 3.24. The molecule has 0 aliphatic carbocycles. The maximum Gasteiger partial charge on any atom is -0.00930 e. The van der Waals surface area contributed by atoms with E-state index >= 15 is 0 Å². The zero-order valence-electron chi connectivity index (χ0n) is 12.3. The van der Waals surface area contributed by atoms with E-state index in [0.29, 0.717) is 0 Å². The molecule has 0 unspecified atom stereocenters. The second-order valence-corrected chi connectivity index (χ2v) is 4.83. The van der Waals surface area contributed by atoms with Gasteiger partial charge in [0.15, 0.2) is 0 Å². The molecule has 0 saturated carbocycles. The summed E-state index contributed by atoms with van der Waals surface area (Å²) < 4.78 is 0. The van der Waals surface area contributed by atoms with Gasteiger partial charge in [-0.1, -0.05) is 64.5 Å². The average molecular weight is 247 g/mol. The Morgan fingerprint density at radius 2 is 1.61 bits per heavy atom. The second-order valence-electron chi connectivity index (χ2n) is 4.83. The Morgan fingerprint density at radius 3 is 2.39 bits per heavy atom. The van der Waals surface area contributed by atoms with Crippen LogP contribution in [0.25, 0.3) is 0 Å². The zero-order chi connectivity index (χ0) is 13.3. The van der Waals surface area contributed by atoms with Gasteiger partial charge in [-0.05, 0) is 44.3 Å². The Hall–Kier alpha value is -0.740. The minimum Gasteiger partial charge on any atom is -0.129 e. The van der Waals surface area contributed by atoms with Crippen LogP contribution in [0.5, 0.6) is 0 Å². The average Bonchev–Trinajstić information content (AvgIpc) is 2.39. The van der Waals surface area contributed by atoms with E-state index in [-0.39, 0.29) is 0 Å². The van der Waals surface area contributed by atoms with Crippen molar-refractivity contribution in [3.63, 3.8) is 0 Å². The van der Waals surface area contributed by atoms with Crippen LogP contribution in [-0.4, -0.2) is 0 Å². The van der Waals surface area contributed by atoms with E-state index in [1.54, 1.807) is 0 Å². The van der Waals surface area contributed by atoms with Gasteiger partial charge in [-0.25, -0.2) is 0 Å². The highest BCUT2D eigenvalue weighted by atomic mass is 13.9. The van der Waals surface area contributed by atoms with Crippen molar-refractivity contribution in [2.45, 2.75) is 77.6 Å². The molecule has 0 aromatic carbocycles. The van der Waals surface area contributed by atoms with Crippen molar-refractivity contribution in [3.05, 3.63) is 37.0 Å². The maximum atomic E-state index is 3.86. The van der Waals surface area contributed by atoms with Crippen LogP contribution in [0.1, 0.15) is 77.6 Å². The molecule has 0 spiro atoms. The van der Waals surface area contributed by atoms with Crippen LogP contribution >= 0.6 is 0 Å². The number of rotatable bonds is 12. The van der Waals surface area contributed by atoms with E-state index in [0.717, 1.165) is 12.8 Å². The maximum absolute atomic E-state index is 3.86. The Bertz CT molecular complexity index is 228. The van der Waals surface area contributed by atoms with E-state index in [1.807, 2.05) is 0 Å². The normalized spacial score (nSPS) is 10.6. The minimum atomic E-state index is 1.03. The molecular weight excluding hydrogens is 216 g/mol. The van der Waals surface area contributed by atoms with Gasteiger partial charge in [-0.15, -0.1) is 5.73 Å². The van der Waals surface area contributed by atoms with E-state index in [4.69, 9.17) is 0 Å². The minimum absolute atomic E-state index is 1.03. The molecule has 0 N–H and O–H groups in total. The van der Waals surface area contributed by atoms with Gasteiger partial charge < -0.3 is 0 Å². The fraction of sp³-hybridized carbons (Fsp3) is 0.667. The first-order valence-electron chi connectivity index (χ1n) is 7.75. The van der Waals surface area contributed by atoms with Crippen molar-refractivity contribution in [1.29, 1.82) is 0 Å². The lowest BCUT2D eigenvalue weighted by atomic mass is 10.1. The first kappa shape index (κ1) is 17.3. The third kappa shape index (κ3) is 15.3. The Balaban J connectivity index is 3.25. The summed E-state index contributed by atoms with van der Waals surface area (Å²) in [7, 11) is 0. The van der Waals surface area contributed by atoms with Crippen molar-refractivity contribution in [1.82, 2.24) is 0 Å². The fourth-order valence-electron chi connectivity index (χ4n) is 1.79. The van der Waals surface area contributed by atoms with Crippen LogP contribution in [0, 0.1) is 6.92 Å². The largest absolute Gasteiger partial charge is 0.129 e. The van der Waals surface area contributed by atoms with Crippen molar-refractivity contribution < 1.29 is 0 Å². The molecule has 0 atom stereocenters. The number of hydrogen-bond donors (Lipinski definition) is 0. The van der Waals surface area contributed by atoms with Crippen LogP contribution in [0.3, 0.4) is 0 Å². The van der Waals surface area contributed by atoms with Gasteiger partial charge in [0.25, 0.3) is 0 Å². The smallest absolute Gasteiger partial charge is 0.00930 e. The van der Waals surface area contributed by atoms with E-state index in [2.05, 4.69) is 43.9 Å². The van der Waals surface area contributed by atoms with Gasteiger partial charge in [0, 0.05) is 0 Å². The molecule has 0 aromatic rings. The summed E-state index contributed by atoms with van der Waals surface area (Å²) in [4.78, 5) is 0. The third-order valence-corrected chi connectivity index (χ3v) is 2.98. The van der Waals surface area contributed by atoms with Gasteiger partial charge in [0.2, 0.25) is 0 Å². The lowest BCUT2D eigenvalue weighted by Gasteiger charge is -1.97. The van der Waals surface area contributed by atoms with Crippen molar-refractivity contribution in [2.75, 3.05) is 0 Å². The van der Waals surface area contributed by atoms with Gasteiger partial charge in [-0.2, -0.15) is 0 Å². The highest BCUT2D eigenvalue weighted by molar-refractivity contribution is 4.93. The summed E-state index contributed by atoms with van der Waals surface area (Å²) in [5, 5.41) is 0. The highest BCUT2D eigenvalue weighted by Crippen LogP contribution is 2.07. The Labute approximate surface area is 115 Å². The third-order valence-electron chi connectivity index (χ3n) is 2.98. The van der Waals surface area contributed by atoms with Crippen LogP contribution in [-0.2, 0) is 0 Å². The van der Waals surface area contributed by atoms with Crippen molar-refractivity contribution in [3.8, 4) is 0 Å². The molecule has 0 aliphatic rings. The molecule has 0 aromatic heterocycles. The van der Waals surface area contributed by atoms with Crippen LogP contribution in [0.4, 0.5) is 0 Å². The molecule has 0 bridgehead atoms. The Kier molecular flexibility index (Phi) is 15.6. The molecule has 0 fully saturated rings. The van der Waals surface area contributed by atoms with Crippen LogP contribution < -0.4 is 0 Å². The van der Waals surface area contributed by atoms with E-state index in [1.165, 1.54) is 57.8 Å². The van der Waals surface area contributed by atoms with E-state index < -0.39 is 0 Å². The molecular formula is C18H31. The molecule has 0 nitrogen and oxygen atoms in total. The molecule has 0 heterocycles. The van der Waals surface area contributed by atoms with Crippen molar-refractivity contribution >= 4 is 0 Å². The van der Waals surface area contributed by atoms with E-state index in [9.17, 15) is 0 Å². The molecule has 0 saturated heterocycles. The van der Waals surface area contributed by atoms with Gasteiger partial charge >= 0.3 is 0 Å². The predicted octanol–water partition coefficient (Wildman–Crippen LogP) is 6.40. The molecule has 0 aliphatic heterocycles. The SMILES string of the molecule is [CH2]CCCCCCC/C=C/CC=C=CCCCC. The van der Waals surface area contributed by atoms with Crippen LogP contribution in [0.2, 0.25) is 0 Å². The Morgan fingerprint density at radius 1 is 0.833 bits per heavy atom. The number of allylic oxidation sites excluding steroid dienone is 3. The predicted molar refractivity (Wildman–Crippen MR) is 83.6 cm³/mol. The first-order chi connectivity index (χ1) is 8.91. The highest BCUT2D eigenvalue weighted by Gasteiger charge is 1.87. The monoisotopic (exact) mass is 247 g/mol. The first-order valence-corrected chi connectivity index (χ1v) is 7.75. The fourth-order valence-corrected chi connectivity index (χ4v) is 1.79. The van der Waals surface area contributed by atoms with Gasteiger partial charge in [0.1, 0.15) is 0 Å². The molecule has 1 radical (unpaired) electrons.